The first-order valence-corrected chi connectivity index (χ1v) is 3.15. The molecule has 6 heteroatoms. The number of amides is 1. The highest BCUT2D eigenvalue weighted by molar-refractivity contribution is 5.89. The molecule has 0 unspecified atom stereocenters. The van der Waals surface area contributed by atoms with Crippen LogP contribution in [0.25, 0.3) is 0 Å². The van der Waals surface area contributed by atoms with E-state index in [-0.39, 0.29) is 5.91 Å². The number of hydrogen-bond donors (Lipinski definition) is 2. The summed E-state index contributed by atoms with van der Waals surface area (Å²) >= 11 is 0. The predicted octanol–water partition coefficient (Wildman–Crippen LogP) is 0.484. The van der Waals surface area contributed by atoms with E-state index in [4.69, 9.17) is 5.73 Å². The SMILES string of the molecule is Nc1cc[nH]n1.O=C1C=CN=N1. The van der Waals surface area contributed by atoms with Gasteiger partial charge < -0.3 is 5.73 Å². The Labute approximate surface area is 68.2 Å². The maximum absolute atomic E-state index is 9.90. The fourth-order valence-corrected chi connectivity index (χ4v) is 0.492. The summed E-state index contributed by atoms with van der Waals surface area (Å²) in [5.74, 6) is 0.269. The van der Waals surface area contributed by atoms with Crippen LogP contribution in [0.2, 0.25) is 0 Å². The van der Waals surface area contributed by atoms with E-state index in [1.807, 2.05) is 0 Å². The van der Waals surface area contributed by atoms with E-state index in [0.717, 1.165) is 0 Å². The molecule has 2 rings (SSSR count). The van der Waals surface area contributed by atoms with E-state index in [1.165, 1.54) is 12.3 Å². The Bertz CT molecular complexity index is 286. The molecule has 1 aliphatic heterocycles. The van der Waals surface area contributed by atoms with Gasteiger partial charge in [0.25, 0.3) is 5.91 Å². The summed E-state index contributed by atoms with van der Waals surface area (Å²) in [6.45, 7) is 0. The molecule has 0 saturated heterocycles. The molecule has 0 atom stereocenters. The van der Waals surface area contributed by atoms with E-state index < -0.39 is 0 Å². The molecule has 2 heterocycles. The van der Waals surface area contributed by atoms with Crippen LogP contribution in [-0.2, 0) is 4.79 Å². The van der Waals surface area contributed by atoms with Crippen LogP contribution in [0.5, 0.6) is 0 Å². The van der Waals surface area contributed by atoms with E-state index in [0.29, 0.717) is 5.82 Å². The average Bonchev–Trinajstić information content (AvgIpc) is 2.63. The maximum atomic E-state index is 9.90. The third-order valence-electron chi connectivity index (χ3n) is 0.962. The summed E-state index contributed by atoms with van der Waals surface area (Å²) in [5.41, 5.74) is 5.14. The lowest BCUT2D eigenvalue weighted by molar-refractivity contribution is -0.113. The van der Waals surface area contributed by atoms with Crippen molar-refractivity contribution in [2.24, 2.45) is 10.2 Å². The van der Waals surface area contributed by atoms with Crippen molar-refractivity contribution in [2.75, 3.05) is 5.73 Å². The van der Waals surface area contributed by atoms with Crippen LogP contribution in [0.4, 0.5) is 5.82 Å². The first-order valence-electron chi connectivity index (χ1n) is 3.15. The average molecular weight is 165 g/mol. The van der Waals surface area contributed by atoms with Crippen LogP contribution in [0.15, 0.2) is 34.8 Å². The molecule has 1 aromatic heterocycles. The van der Waals surface area contributed by atoms with Gasteiger partial charge >= 0.3 is 0 Å². The van der Waals surface area contributed by atoms with Crippen LogP contribution >= 0.6 is 0 Å². The maximum Gasteiger partial charge on any atom is 0.289 e. The predicted molar refractivity (Wildman–Crippen MR) is 42.0 cm³/mol. The fraction of sp³-hybridized carbons (Fsp3) is 0. The third-order valence-corrected chi connectivity index (χ3v) is 0.962. The minimum absolute atomic E-state index is 0.269. The van der Waals surface area contributed by atoms with Crippen molar-refractivity contribution >= 4 is 11.7 Å². The van der Waals surface area contributed by atoms with Crippen molar-refractivity contribution in [1.29, 1.82) is 0 Å². The molecule has 0 fully saturated rings. The van der Waals surface area contributed by atoms with Gasteiger partial charge in [-0.05, 0) is 6.07 Å². The van der Waals surface area contributed by atoms with Crippen LogP contribution in [0, 0.1) is 0 Å². The van der Waals surface area contributed by atoms with Crippen molar-refractivity contribution in [3.8, 4) is 0 Å². The summed E-state index contributed by atoms with van der Waals surface area (Å²) in [4.78, 5) is 9.90. The minimum atomic E-state index is -0.269. The molecule has 6 nitrogen and oxygen atoms in total. The summed E-state index contributed by atoms with van der Waals surface area (Å²) in [5, 5.41) is 12.5. The van der Waals surface area contributed by atoms with Gasteiger partial charge in [0.05, 0.1) is 6.20 Å². The van der Waals surface area contributed by atoms with Gasteiger partial charge in [-0.25, -0.2) is 0 Å². The second-order valence-corrected chi connectivity index (χ2v) is 1.87. The first-order chi connectivity index (χ1) is 5.79. The van der Waals surface area contributed by atoms with Gasteiger partial charge in [0.2, 0.25) is 0 Å². The zero-order valence-corrected chi connectivity index (χ0v) is 6.14. The molecule has 12 heavy (non-hydrogen) atoms. The molecule has 62 valence electrons. The molecule has 0 spiro atoms. The van der Waals surface area contributed by atoms with Crippen molar-refractivity contribution in [2.45, 2.75) is 0 Å². The summed E-state index contributed by atoms with van der Waals surface area (Å²) < 4.78 is 0. The molecule has 0 aliphatic carbocycles. The molecular weight excluding hydrogens is 158 g/mol. The molecule has 0 radical (unpaired) electrons. The van der Waals surface area contributed by atoms with Crippen LogP contribution in [0.1, 0.15) is 0 Å². The van der Waals surface area contributed by atoms with Crippen LogP contribution in [-0.4, -0.2) is 16.1 Å². The number of nitrogen functional groups attached to an aromatic ring is 1. The zero-order valence-electron chi connectivity index (χ0n) is 6.14. The lowest BCUT2D eigenvalue weighted by atomic mass is 10.6. The van der Waals surface area contributed by atoms with Gasteiger partial charge in [0, 0.05) is 12.3 Å². The normalized spacial score (nSPS) is 12.8. The van der Waals surface area contributed by atoms with E-state index in [1.54, 1.807) is 12.3 Å². The third kappa shape index (κ3) is 2.74. The fourth-order valence-electron chi connectivity index (χ4n) is 0.492. The Morgan fingerprint density at radius 2 is 2.33 bits per heavy atom. The zero-order chi connectivity index (χ0) is 8.81. The number of carbonyl (C=O) groups excluding carboxylic acids is 1. The smallest absolute Gasteiger partial charge is 0.289 e. The van der Waals surface area contributed by atoms with Gasteiger partial charge in [-0.15, -0.1) is 5.11 Å². The monoisotopic (exact) mass is 165 g/mol. The topological polar surface area (TPSA) is 96.5 Å². The number of carbonyl (C=O) groups is 1. The Morgan fingerprint density at radius 1 is 1.50 bits per heavy atom. The number of hydrogen-bond acceptors (Lipinski definition) is 4. The highest BCUT2D eigenvalue weighted by Gasteiger charge is 1.92. The van der Waals surface area contributed by atoms with Crippen molar-refractivity contribution in [3.63, 3.8) is 0 Å². The van der Waals surface area contributed by atoms with Gasteiger partial charge in [-0.1, -0.05) is 0 Å². The lowest BCUT2D eigenvalue weighted by Crippen LogP contribution is -1.81. The number of nitrogens with zero attached hydrogens (tertiary/aromatic N) is 3. The van der Waals surface area contributed by atoms with Crippen molar-refractivity contribution in [1.82, 2.24) is 10.2 Å². The second-order valence-electron chi connectivity index (χ2n) is 1.87. The number of H-pyrrole nitrogens is 1. The van der Waals surface area contributed by atoms with Gasteiger partial charge in [0.15, 0.2) is 0 Å². The van der Waals surface area contributed by atoms with Gasteiger partial charge in [-0.3, -0.25) is 9.89 Å². The summed E-state index contributed by atoms with van der Waals surface area (Å²) in [7, 11) is 0. The molecule has 1 aromatic rings. The Kier molecular flexibility index (Phi) is 2.72. The number of aromatic amines is 1. The van der Waals surface area contributed by atoms with Crippen molar-refractivity contribution in [3.05, 3.63) is 24.5 Å². The Balaban J connectivity index is 0.000000120. The standard InChI is InChI=1S/C3H5N3.C3H2N2O/c4-3-1-2-5-6-3;6-3-1-2-4-5-3/h1-2H,(H3,4,5,6);1-2H. The van der Waals surface area contributed by atoms with E-state index in [9.17, 15) is 4.79 Å². The number of rotatable bonds is 0. The highest BCUT2D eigenvalue weighted by Crippen LogP contribution is 1.90. The number of anilines is 1. The highest BCUT2D eigenvalue weighted by atomic mass is 16.1. The summed E-state index contributed by atoms with van der Waals surface area (Å²) in [6, 6.07) is 1.69. The van der Waals surface area contributed by atoms with Crippen molar-refractivity contribution < 1.29 is 4.79 Å². The molecule has 1 aliphatic rings. The van der Waals surface area contributed by atoms with Gasteiger partial charge in [0.1, 0.15) is 5.82 Å². The minimum Gasteiger partial charge on any atom is -0.382 e. The number of azo groups is 1. The molecule has 1 amide bonds. The Morgan fingerprint density at radius 3 is 2.50 bits per heavy atom. The Hall–Kier alpha value is -1.98. The molecule has 0 saturated carbocycles. The van der Waals surface area contributed by atoms with E-state index >= 15 is 0 Å². The molecule has 3 N–H and O–H groups in total. The molecule has 0 aromatic carbocycles. The number of aromatic nitrogens is 2. The summed E-state index contributed by atoms with van der Waals surface area (Å²) in [6.07, 6.45) is 4.34. The molecule has 0 bridgehead atoms. The van der Waals surface area contributed by atoms with E-state index in [2.05, 4.69) is 20.4 Å². The number of nitrogens with one attached hydrogen (secondary N) is 1. The van der Waals surface area contributed by atoms with Crippen LogP contribution in [0.3, 0.4) is 0 Å². The van der Waals surface area contributed by atoms with Gasteiger partial charge in [-0.2, -0.15) is 10.2 Å². The molecular formula is C6H7N5O. The lowest BCUT2D eigenvalue weighted by Gasteiger charge is -1.67. The largest absolute Gasteiger partial charge is 0.382 e. The number of nitrogens with two attached hydrogens (primary N) is 1. The first kappa shape index (κ1) is 8.12. The quantitative estimate of drug-likeness (QED) is 0.585. The second kappa shape index (κ2) is 4.02. The van der Waals surface area contributed by atoms with Crippen LogP contribution < -0.4 is 5.73 Å².